The molecule has 0 bridgehead atoms. The molecule has 0 aliphatic rings. The van der Waals surface area contributed by atoms with Crippen molar-refractivity contribution < 1.29 is 13.3 Å². The molecule has 0 fully saturated rings. The van der Waals surface area contributed by atoms with Crippen LogP contribution in [-0.2, 0) is 22.9 Å². The normalized spacial score (nSPS) is 11.3. The summed E-state index contributed by atoms with van der Waals surface area (Å²) in [6.07, 6.45) is 2.63. The summed E-state index contributed by atoms with van der Waals surface area (Å²) in [6.45, 7) is 3.90. The molecule has 2 aromatic rings. The van der Waals surface area contributed by atoms with Gasteiger partial charge in [0.05, 0.1) is 15.5 Å². The van der Waals surface area contributed by atoms with Crippen LogP contribution in [-0.4, -0.2) is 13.3 Å². The maximum Gasteiger partial charge on any atom is 0.270 e. The van der Waals surface area contributed by atoms with Crippen molar-refractivity contribution in [3.05, 3.63) is 63.7 Å². The number of aryl methyl sites for hydroxylation is 2. The molecule has 0 aliphatic carbocycles. The van der Waals surface area contributed by atoms with Gasteiger partial charge in [0.2, 0.25) is 0 Å². The largest absolute Gasteiger partial charge is 0.279 e. The van der Waals surface area contributed by atoms with E-state index in [9.17, 15) is 18.5 Å². The number of nitro benzene ring substituents is 1. The number of benzene rings is 2. The van der Waals surface area contributed by atoms with Crippen LogP contribution < -0.4 is 4.72 Å². The van der Waals surface area contributed by atoms with E-state index in [0.717, 1.165) is 12.8 Å². The Morgan fingerprint density at radius 2 is 1.52 bits per heavy atom. The Morgan fingerprint density at radius 1 is 1.00 bits per heavy atom. The second-order valence-corrected chi connectivity index (χ2v) is 7.50. The summed E-state index contributed by atoms with van der Waals surface area (Å²) in [6, 6.07) is 11.0. The molecule has 0 aliphatic heterocycles. The van der Waals surface area contributed by atoms with Crippen LogP contribution in [0.5, 0.6) is 0 Å². The van der Waals surface area contributed by atoms with E-state index in [1.54, 1.807) is 18.2 Å². The first-order chi connectivity index (χ1) is 11.9. The molecule has 0 radical (unpaired) electrons. The van der Waals surface area contributed by atoms with E-state index in [4.69, 9.17) is 0 Å². The number of non-ortho nitro benzene ring substituents is 1. The number of nitrogens with zero attached hydrogens (tertiary/aromatic N) is 1. The van der Waals surface area contributed by atoms with Crippen molar-refractivity contribution in [3.63, 3.8) is 0 Å². The molecule has 2 aromatic carbocycles. The van der Waals surface area contributed by atoms with E-state index < -0.39 is 14.9 Å². The van der Waals surface area contributed by atoms with E-state index in [-0.39, 0.29) is 10.6 Å². The van der Waals surface area contributed by atoms with Crippen LogP contribution in [0.4, 0.5) is 11.4 Å². The third kappa shape index (κ3) is 4.57. The molecule has 0 heterocycles. The number of anilines is 1. The van der Waals surface area contributed by atoms with Crippen LogP contribution in [0.15, 0.2) is 47.4 Å². The van der Waals surface area contributed by atoms with Crippen molar-refractivity contribution in [1.82, 2.24) is 0 Å². The van der Waals surface area contributed by atoms with Gasteiger partial charge in [-0.15, -0.1) is 0 Å². The highest BCUT2D eigenvalue weighted by Crippen LogP contribution is 2.31. The third-order valence-electron chi connectivity index (χ3n) is 3.83. The van der Waals surface area contributed by atoms with Gasteiger partial charge in [0, 0.05) is 12.1 Å². The molecule has 0 saturated carbocycles. The SMILES string of the molecule is CCCc1cc([N+](=O)[O-])cc(CCC)c1NS(=O)(=O)c1ccccc1. The van der Waals surface area contributed by atoms with E-state index in [0.29, 0.717) is 29.7 Å². The minimum Gasteiger partial charge on any atom is -0.279 e. The molecule has 0 saturated heterocycles. The van der Waals surface area contributed by atoms with Gasteiger partial charge < -0.3 is 0 Å². The van der Waals surface area contributed by atoms with Crippen molar-refractivity contribution in [2.45, 2.75) is 44.4 Å². The predicted octanol–water partition coefficient (Wildman–Crippen LogP) is 4.30. The molecular weight excluding hydrogens is 340 g/mol. The number of rotatable bonds is 8. The number of hydrogen-bond acceptors (Lipinski definition) is 4. The molecule has 0 spiro atoms. The van der Waals surface area contributed by atoms with Crippen LogP contribution >= 0.6 is 0 Å². The lowest BCUT2D eigenvalue weighted by Gasteiger charge is -2.17. The Bertz CT molecular complexity index is 822. The van der Waals surface area contributed by atoms with Crippen LogP contribution in [0, 0.1) is 10.1 Å². The molecule has 0 unspecified atom stereocenters. The molecule has 0 atom stereocenters. The molecule has 134 valence electrons. The summed E-state index contributed by atoms with van der Waals surface area (Å²) in [5.41, 5.74) is 1.77. The molecule has 6 nitrogen and oxygen atoms in total. The van der Waals surface area contributed by atoms with Gasteiger partial charge in [0.15, 0.2) is 0 Å². The van der Waals surface area contributed by atoms with E-state index in [1.165, 1.54) is 24.3 Å². The number of sulfonamides is 1. The molecule has 2 rings (SSSR count). The highest BCUT2D eigenvalue weighted by Gasteiger charge is 2.21. The summed E-state index contributed by atoms with van der Waals surface area (Å²) < 4.78 is 28.0. The zero-order valence-corrected chi connectivity index (χ0v) is 15.2. The predicted molar refractivity (Wildman–Crippen MR) is 98.3 cm³/mol. The summed E-state index contributed by atoms with van der Waals surface area (Å²) in [5.74, 6) is 0. The van der Waals surface area contributed by atoms with Crippen molar-refractivity contribution in [1.29, 1.82) is 0 Å². The van der Waals surface area contributed by atoms with Gasteiger partial charge in [-0.1, -0.05) is 44.9 Å². The zero-order chi connectivity index (χ0) is 18.4. The first-order valence-electron chi connectivity index (χ1n) is 8.27. The monoisotopic (exact) mass is 362 g/mol. The number of nitro groups is 1. The summed E-state index contributed by atoms with van der Waals surface area (Å²) >= 11 is 0. The minimum atomic E-state index is -3.75. The van der Waals surface area contributed by atoms with Gasteiger partial charge >= 0.3 is 0 Å². The third-order valence-corrected chi connectivity index (χ3v) is 5.19. The van der Waals surface area contributed by atoms with E-state index in [2.05, 4.69) is 4.72 Å². The molecule has 7 heteroatoms. The Balaban J connectivity index is 2.56. The number of hydrogen-bond donors (Lipinski definition) is 1. The second-order valence-electron chi connectivity index (χ2n) is 5.81. The second kappa shape index (κ2) is 8.11. The Kier molecular flexibility index (Phi) is 6.14. The summed E-state index contributed by atoms with van der Waals surface area (Å²) in [4.78, 5) is 10.9. The van der Waals surface area contributed by atoms with Gasteiger partial charge in [0.25, 0.3) is 15.7 Å². The topological polar surface area (TPSA) is 89.3 Å². The van der Waals surface area contributed by atoms with Crippen LogP contribution in [0.1, 0.15) is 37.8 Å². The lowest BCUT2D eigenvalue weighted by Crippen LogP contribution is -2.16. The van der Waals surface area contributed by atoms with Crippen molar-refractivity contribution >= 4 is 21.4 Å². The van der Waals surface area contributed by atoms with Crippen molar-refractivity contribution in [2.24, 2.45) is 0 Å². The quantitative estimate of drug-likeness (QED) is 0.560. The first-order valence-corrected chi connectivity index (χ1v) is 9.75. The van der Waals surface area contributed by atoms with Crippen LogP contribution in [0.3, 0.4) is 0 Å². The lowest BCUT2D eigenvalue weighted by atomic mass is 9.99. The fraction of sp³-hybridized carbons (Fsp3) is 0.333. The maximum atomic E-state index is 12.7. The van der Waals surface area contributed by atoms with Crippen LogP contribution in [0.25, 0.3) is 0 Å². The Labute approximate surface area is 148 Å². The lowest BCUT2D eigenvalue weighted by molar-refractivity contribution is -0.385. The zero-order valence-electron chi connectivity index (χ0n) is 14.4. The van der Waals surface area contributed by atoms with Gasteiger partial charge in [-0.05, 0) is 36.1 Å². The molecule has 0 amide bonds. The number of nitrogens with one attached hydrogen (secondary N) is 1. The fourth-order valence-corrected chi connectivity index (χ4v) is 3.88. The van der Waals surface area contributed by atoms with Crippen LogP contribution in [0.2, 0.25) is 0 Å². The minimum absolute atomic E-state index is 0.00504. The van der Waals surface area contributed by atoms with Crippen molar-refractivity contribution in [2.75, 3.05) is 4.72 Å². The highest BCUT2D eigenvalue weighted by atomic mass is 32.2. The van der Waals surface area contributed by atoms with Gasteiger partial charge in [-0.2, -0.15) is 0 Å². The molecular formula is C18H22N2O4S. The van der Waals surface area contributed by atoms with E-state index >= 15 is 0 Å². The molecule has 1 N–H and O–H groups in total. The smallest absolute Gasteiger partial charge is 0.270 e. The first kappa shape index (κ1) is 18.9. The highest BCUT2D eigenvalue weighted by molar-refractivity contribution is 7.92. The maximum absolute atomic E-state index is 12.7. The fourth-order valence-electron chi connectivity index (χ4n) is 2.71. The standard InChI is InChI=1S/C18H22N2O4S/c1-3-8-14-12-16(20(21)22)13-15(9-4-2)18(14)19-25(23,24)17-10-6-5-7-11-17/h5-7,10-13,19H,3-4,8-9H2,1-2H3. The summed E-state index contributed by atoms with van der Waals surface area (Å²) in [5, 5.41) is 11.2. The van der Waals surface area contributed by atoms with E-state index in [1.807, 2.05) is 13.8 Å². The van der Waals surface area contributed by atoms with Gasteiger partial charge in [-0.3, -0.25) is 14.8 Å². The van der Waals surface area contributed by atoms with Crippen molar-refractivity contribution in [3.8, 4) is 0 Å². The Morgan fingerprint density at radius 3 is 1.96 bits per heavy atom. The van der Waals surface area contributed by atoms with Gasteiger partial charge in [-0.25, -0.2) is 8.42 Å². The molecule has 25 heavy (non-hydrogen) atoms. The molecule has 0 aromatic heterocycles. The summed E-state index contributed by atoms with van der Waals surface area (Å²) in [7, 11) is -3.75. The Hall–Kier alpha value is -2.41. The average molecular weight is 362 g/mol. The van der Waals surface area contributed by atoms with Gasteiger partial charge in [0.1, 0.15) is 0 Å². The average Bonchev–Trinajstić information content (AvgIpc) is 2.58.